The molecule has 0 amide bonds. The SMILES string of the molecule is C/C=C1/C[N@+]2(C)CC[C@@]34c5ccccc5N[C@]35OCC4(C(=O)O)[C@@H]1[C@H]2C5=O. The molecule has 1 aromatic rings. The fourth-order valence-corrected chi connectivity index (χ4v) is 7.44. The lowest BCUT2D eigenvalue weighted by Crippen LogP contribution is -2.72. The van der Waals surface area contributed by atoms with Crippen molar-refractivity contribution in [3.8, 4) is 0 Å². The van der Waals surface area contributed by atoms with E-state index in [1.165, 1.54) is 0 Å². The number of nitrogens with one attached hydrogen (secondary N) is 1. The Balaban J connectivity index is 1.79. The van der Waals surface area contributed by atoms with E-state index in [1.807, 2.05) is 37.3 Å². The molecule has 1 aromatic carbocycles. The van der Waals surface area contributed by atoms with Crippen LogP contribution in [-0.2, 0) is 19.7 Å². The van der Waals surface area contributed by atoms with Gasteiger partial charge in [0.15, 0.2) is 6.04 Å². The van der Waals surface area contributed by atoms with E-state index in [1.54, 1.807) is 0 Å². The Hall–Kier alpha value is -2.18. The summed E-state index contributed by atoms with van der Waals surface area (Å²) in [6.07, 6.45) is 2.67. The van der Waals surface area contributed by atoms with Gasteiger partial charge in [0.2, 0.25) is 11.5 Å². The molecule has 1 unspecified atom stereocenters. The topological polar surface area (TPSA) is 75.6 Å². The first kappa shape index (κ1) is 15.8. The van der Waals surface area contributed by atoms with Crippen molar-refractivity contribution < 1.29 is 23.9 Å². The average molecular weight is 367 g/mol. The number of para-hydroxylation sites is 1. The van der Waals surface area contributed by atoms with E-state index in [-0.39, 0.29) is 24.3 Å². The molecule has 6 atom stereocenters. The van der Waals surface area contributed by atoms with Gasteiger partial charge in [0, 0.05) is 12.1 Å². The van der Waals surface area contributed by atoms with Gasteiger partial charge >= 0.3 is 5.97 Å². The number of aliphatic carboxylic acids is 1. The quantitative estimate of drug-likeness (QED) is 0.582. The van der Waals surface area contributed by atoms with E-state index >= 15 is 0 Å². The average Bonchev–Trinajstić information content (AvgIpc) is 3.14. The number of ether oxygens (including phenoxy) is 1. The Bertz CT molecular complexity index is 973. The number of carbonyl (C=O) groups excluding carboxylic acids is 1. The first-order valence-corrected chi connectivity index (χ1v) is 9.67. The second-order valence-electron chi connectivity index (χ2n) is 9.08. The highest BCUT2D eigenvalue weighted by Gasteiger charge is 2.90. The van der Waals surface area contributed by atoms with Crippen LogP contribution in [0.25, 0.3) is 0 Å². The van der Waals surface area contributed by atoms with Gasteiger partial charge in [0.1, 0.15) is 12.0 Å². The number of fused-ring (bicyclic) bond motifs is 2. The summed E-state index contributed by atoms with van der Waals surface area (Å²) in [7, 11) is 2.11. The van der Waals surface area contributed by atoms with Crippen LogP contribution in [-0.4, -0.2) is 59.9 Å². The molecule has 1 spiro atoms. The molecule has 6 bridgehead atoms. The number of nitrogens with zero attached hydrogens (tertiary/aromatic N) is 1. The molecule has 1 saturated carbocycles. The standard InChI is InChI=1S/C21H22N2O4/c1-3-12-10-23(2)9-8-20-13-6-4-5-7-14(13)22-21(20)17(24)16(23)15(12)19(20,11-27-21)18(25)26/h3-7,15-16,22H,8-11H2,1-2H3/p+1/b12-3-/t15-,16-,19?,20-,21+,23-/m0/s1. The summed E-state index contributed by atoms with van der Waals surface area (Å²) in [6, 6.07) is 7.42. The molecule has 2 N–H and O–H groups in total. The van der Waals surface area contributed by atoms with Crippen LogP contribution >= 0.6 is 0 Å². The van der Waals surface area contributed by atoms with Crippen LogP contribution in [0.2, 0.25) is 0 Å². The van der Waals surface area contributed by atoms with Crippen LogP contribution in [0.4, 0.5) is 5.69 Å². The van der Waals surface area contributed by atoms with Gasteiger partial charge in [0.05, 0.1) is 31.5 Å². The molecule has 0 radical (unpaired) electrons. The highest BCUT2D eigenvalue weighted by atomic mass is 16.5. The molecule has 0 aromatic heterocycles. The lowest BCUT2D eigenvalue weighted by molar-refractivity contribution is -0.911. The monoisotopic (exact) mass is 367 g/mol. The Labute approximate surface area is 157 Å². The number of likely N-dealkylation sites (N-methyl/N-ethyl adjacent to an activating group) is 1. The molecular weight excluding hydrogens is 344 g/mol. The van der Waals surface area contributed by atoms with Crippen LogP contribution in [0.1, 0.15) is 18.9 Å². The smallest absolute Gasteiger partial charge is 0.314 e. The van der Waals surface area contributed by atoms with Crippen molar-refractivity contribution in [2.45, 2.75) is 30.5 Å². The zero-order valence-electron chi connectivity index (χ0n) is 15.5. The second-order valence-corrected chi connectivity index (χ2v) is 9.08. The van der Waals surface area contributed by atoms with Gasteiger partial charge in [-0.1, -0.05) is 24.3 Å². The number of allylic oxidation sites excluding steroid dienone is 1. The maximum atomic E-state index is 14.0. The number of anilines is 1. The molecule has 27 heavy (non-hydrogen) atoms. The van der Waals surface area contributed by atoms with Gasteiger partial charge in [0.25, 0.3) is 0 Å². The molecule has 6 aliphatic rings. The van der Waals surface area contributed by atoms with Crippen molar-refractivity contribution in [1.29, 1.82) is 0 Å². The third-order valence-corrected chi connectivity index (χ3v) is 8.40. The molecule has 5 aliphatic heterocycles. The molecular formula is C21H23N2O4+. The Kier molecular flexibility index (Phi) is 2.51. The van der Waals surface area contributed by atoms with Crippen LogP contribution < -0.4 is 5.32 Å². The zero-order chi connectivity index (χ0) is 18.8. The van der Waals surface area contributed by atoms with E-state index in [0.29, 0.717) is 10.9 Å². The van der Waals surface area contributed by atoms with Crippen molar-refractivity contribution >= 4 is 17.4 Å². The van der Waals surface area contributed by atoms with Crippen LogP contribution in [0.5, 0.6) is 0 Å². The van der Waals surface area contributed by atoms with E-state index in [2.05, 4.69) is 12.4 Å². The molecule has 1 aliphatic carbocycles. The zero-order valence-corrected chi connectivity index (χ0v) is 15.5. The van der Waals surface area contributed by atoms with E-state index in [0.717, 1.165) is 29.9 Å². The predicted molar refractivity (Wildman–Crippen MR) is 97.1 cm³/mol. The summed E-state index contributed by atoms with van der Waals surface area (Å²) in [5, 5.41) is 14.1. The molecule has 140 valence electrons. The fraction of sp³-hybridized carbons (Fsp3) is 0.524. The van der Waals surface area contributed by atoms with Gasteiger partial charge in [-0.2, -0.15) is 0 Å². The summed E-state index contributed by atoms with van der Waals surface area (Å²) in [5.41, 5.74) is -0.372. The molecule has 6 nitrogen and oxygen atoms in total. The van der Waals surface area contributed by atoms with Gasteiger partial charge in [-0.3, -0.25) is 9.59 Å². The maximum Gasteiger partial charge on any atom is 0.314 e. The number of Topliss-reactive ketones (excluding diaryl/α,β-unsaturated/α-hetero) is 1. The largest absolute Gasteiger partial charge is 0.481 e. The first-order chi connectivity index (χ1) is 12.9. The molecule has 5 heterocycles. The number of quaternary nitrogens is 1. The minimum absolute atomic E-state index is 0.0370. The summed E-state index contributed by atoms with van der Waals surface area (Å²) >= 11 is 0. The van der Waals surface area contributed by atoms with Crippen LogP contribution in [0.15, 0.2) is 35.9 Å². The lowest BCUT2D eigenvalue weighted by Gasteiger charge is -2.50. The van der Waals surface area contributed by atoms with Crippen LogP contribution in [0.3, 0.4) is 0 Å². The number of benzene rings is 1. The predicted octanol–water partition coefficient (Wildman–Crippen LogP) is 1.53. The molecule has 6 heteroatoms. The summed E-state index contributed by atoms with van der Waals surface area (Å²) in [6.45, 7) is 3.57. The summed E-state index contributed by atoms with van der Waals surface area (Å²) in [5.74, 6) is -1.11. The van der Waals surface area contributed by atoms with Crippen molar-refractivity contribution in [3.63, 3.8) is 0 Å². The van der Waals surface area contributed by atoms with Crippen molar-refractivity contribution in [2.75, 3.05) is 32.1 Å². The Morgan fingerprint density at radius 1 is 1.41 bits per heavy atom. The van der Waals surface area contributed by atoms with Crippen molar-refractivity contribution in [3.05, 3.63) is 41.5 Å². The highest BCUT2D eigenvalue weighted by Crippen LogP contribution is 2.74. The number of hydrogen-bond donors (Lipinski definition) is 2. The molecule has 4 saturated heterocycles. The van der Waals surface area contributed by atoms with E-state index in [9.17, 15) is 14.7 Å². The minimum atomic E-state index is -1.25. The Morgan fingerprint density at radius 3 is 2.93 bits per heavy atom. The van der Waals surface area contributed by atoms with Gasteiger partial charge in [-0.05, 0) is 24.1 Å². The second kappa shape index (κ2) is 4.28. The third kappa shape index (κ3) is 1.26. The van der Waals surface area contributed by atoms with Crippen molar-refractivity contribution in [1.82, 2.24) is 0 Å². The molecule has 5 fully saturated rings. The third-order valence-electron chi connectivity index (χ3n) is 8.40. The first-order valence-electron chi connectivity index (χ1n) is 9.67. The summed E-state index contributed by atoms with van der Waals surface area (Å²) < 4.78 is 6.86. The number of hydrogen-bond acceptors (Lipinski definition) is 4. The summed E-state index contributed by atoms with van der Waals surface area (Å²) in [4.78, 5) is 27.0. The van der Waals surface area contributed by atoms with E-state index in [4.69, 9.17) is 4.74 Å². The number of carboxylic acid groups (broad SMARTS) is 1. The Morgan fingerprint density at radius 2 is 2.19 bits per heavy atom. The van der Waals surface area contributed by atoms with Crippen LogP contribution in [0, 0.1) is 11.3 Å². The normalized spacial score (nSPS) is 49.7. The number of carboxylic acids is 1. The van der Waals surface area contributed by atoms with E-state index < -0.39 is 22.5 Å². The van der Waals surface area contributed by atoms with Gasteiger partial charge in [-0.25, -0.2) is 0 Å². The number of ketones is 1. The lowest BCUT2D eigenvalue weighted by atomic mass is 9.46. The fourth-order valence-electron chi connectivity index (χ4n) is 7.44. The maximum absolute atomic E-state index is 14.0. The molecule has 7 rings (SSSR count). The minimum Gasteiger partial charge on any atom is -0.481 e. The van der Waals surface area contributed by atoms with Gasteiger partial charge in [-0.15, -0.1) is 0 Å². The van der Waals surface area contributed by atoms with Gasteiger partial charge < -0.3 is 19.6 Å². The van der Waals surface area contributed by atoms with Crippen molar-refractivity contribution in [2.24, 2.45) is 11.3 Å². The number of rotatable bonds is 1. The number of carbonyl (C=O) groups is 2. The highest BCUT2D eigenvalue weighted by molar-refractivity contribution is 6.04.